The minimum atomic E-state index is 0.492. The smallest absolute Gasteiger partial charge is 0.218 e. The molecule has 0 amide bonds. The van der Waals surface area contributed by atoms with Crippen molar-refractivity contribution in [1.82, 2.24) is 15.6 Å². The van der Waals surface area contributed by atoms with Crippen molar-refractivity contribution in [3.05, 3.63) is 23.9 Å². The molecule has 1 saturated carbocycles. The highest BCUT2D eigenvalue weighted by molar-refractivity contribution is 7.99. The van der Waals surface area contributed by atoms with E-state index in [0.717, 1.165) is 16.8 Å². The van der Waals surface area contributed by atoms with Gasteiger partial charge in [-0.25, -0.2) is 4.98 Å². The molecule has 0 aliphatic heterocycles. The Hall–Kier alpha value is -1.47. The zero-order chi connectivity index (χ0) is 17.2. The fraction of sp³-hybridized carbons (Fsp3) is 0.647. The number of guanidine groups is 1. The third-order valence-electron chi connectivity index (χ3n) is 4.10. The number of aromatic nitrogens is 1. The summed E-state index contributed by atoms with van der Waals surface area (Å²) < 4.78 is 10.7. The predicted molar refractivity (Wildman–Crippen MR) is 99.9 cm³/mol. The van der Waals surface area contributed by atoms with Crippen LogP contribution in [0.4, 0.5) is 0 Å². The monoisotopic (exact) mass is 352 g/mol. The lowest BCUT2D eigenvalue weighted by Gasteiger charge is -2.18. The first-order chi connectivity index (χ1) is 11.8. The van der Waals surface area contributed by atoms with Crippen LogP contribution in [-0.4, -0.2) is 55.9 Å². The molecule has 2 rings (SSSR count). The highest BCUT2D eigenvalue weighted by Crippen LogP contribution is 2.28. The molecule has 0 radical (unpaired) electrons. The molecule has 1 aliphatic carbocycles. The number of methoxy groups -OCH3 is 1. The molecule has 2 atom stereocenters. The van der Waals surface area contributed by atoms with E-state index in [2.05, 4.69) is 26.9 Å². The van der Waals surface area contributed by atoms with Gasteiger partial charge >= 0.3 is 0 Å². The topological polar surface area (TPSA) is 67.8 Å². The maximum absolute atomic E-state index is 5.67. The van der Waals surface area contributed by atoms with Crippen molar-refractivity contribution < 1.29 is 9.47 Å². The van der Waals surface area contributed by atoms with Gasteiger partial charge in [0.05, 0.1) is 6.61 Å². The molecular weight excluding hydrogens is 324 g/mol. The number of thioether (sulfide) groups is 1. The van der Waals surface area contributed by atoms with Crippen LogP contribution in [0.25, 0.3) is 0 Å². The van der Waals surface area contributed by atoms with Gasteiger partial charge in [-0.05, 0) is 31.6 Å². The molecule has 1 heterocycles. The second kappa shape index (κ2) is 10.4. The average molecular weight is 353 g/mol. The first kappa shape index (κ1) is 18.9. The maximum Gasteiger partial charge on any atom is 0.218 e. The highest BCUT2D eigenvalue weighted by Gasteiger charge is 2.24. The molecule has 0 saturated heterocycles. The molecule has 0 bridgehead atoms. The van der Waals surface area contributed by atoms with Crippen LogP contribution in [0.5, 0.6) is 5.88 Å². The molecule has 1 fully saturated rings. The van der Waals surface area contributed by atoms with Crippen LogP contribution < -0.4 is 15.4 Å². The van der Waals surface area contributed by atoms with Crippen LogP contribution in [0.1, 0.15) is 24.8 Å². The van der Waals surface area contributed by atoms with E-state index in [-0.39, 0.29) is 0 Å². The lowest BCUT2D eigenvalue weighted by molar-refractivity contribution is 0.143. The average Bonchev–Trinajstić information content (AvgIpc) is 3.07. The normalized spacial score (nSPS) is 20.9. The van der Waals surface area contributed by atoms with Crippen LogP contribution in [0.15, 0.2) is 23.3 Å². The van der Waals surface area contributed by atoms with E-state index in [9.17, 15) is 0 Å². The molecule has 6 nitrogen and oxygen atoms in total. The van der Waals surface area contributed by atoms with Crippen molar-refractivity contribution in [2.24, 2.45) is 4.99 Å². The van der Waals surface area contributed by atoms with Gasteiger partial charge in [-0.15, -0.1) is 0 Å². The second-order valence-corrected chi connectivity index (χ2v) is 6.88. The summed E-state index contributed by atoms with van der Waals surface area (Å²) in [4.78, 5) is 8.63. The number of rotatable bonds is 8. The molecule has 0 spiro atoms. The Bertz CT molecular complexity index is 527. The largest absolute Gasteiger partial charge is 0.475 e. The summed E-state index contributed by atoms with van der Waals surface area (Å²) in [6, 6.07) is 4.42. The van der Waals surface area contributed by atoms with Crippen molar-refractivity contribution in [3.8, 4) is 5.88 Å². The molecule has 1 aliphatic rings. The van der Waals surface area contributed by atoms with Gasteiger partial charge in [-0.2, -0.15) is 11.8 Å². The molecule has 0 aromatic carbocycles. The van der Waals surface area contributed by atoms with E-state index in [1.54, 1.807) is 20.4 Å². The van der Waals surface area contributed by atoms with Gasteiger partial charge in [0.2, 0.25) is 5.88 Å². The molecule has 2 unspecified atom stereocenters. The molecule has 1 aromatic heterocycles. The summed E-state index contributed by atoms with van der Waals surface area (Å²) in [5, 5.41) is 7.64. The number of hydrogen-bond donors (Lipinski definition) is 2. The minimum Gasteiger partial charge on any atom is -0.475 e. The fourth-order valence-corrected chi connectivity index (χ4v) is 3.56. The van der Waals surface area contributed by atoms with Gasteiger partial charge in [-0.3, -0.25) is 4.99 Å². The summed E-state index contributed by atoms with van der Waals surface area (Å²) >= 11 is 1.96. The highest BCUT2D eigenvalue weighted by atomic mass is 32.2. The Morgan fingerprint density at radius 1 is 1.42 bits per heavy atom. The third kappa shape index (κ3) is 5.87. The first-order valence-corrected chi connectivity index (χ1v) is 9.61. The lowest BCUT2D eigenvalue weighted by Crippen LogP contribution is -2.42. The fourth-order valence-electron chi connectivity index (χ4n) is 2.76. The van der Waals surface area contributed by atoms with E-state index in [1.165, 1.54) is 19.3 Å². The van der Waals surface area contributed by atoms with Crippen molar-refractivity contribution in [2.45, 2.75) is 37.1 Å². The van der Waals surface area contributed by atoms with Gasteiger partial charge < -0.3 is 20.1 Å². The SMILES string of the molecule is CN=C(NCc1cccnc1OCCOC)NC1CCC(SC)C1. The van der Waals surface area contributed by atoms with E-state index >= 15 is 0 Å². The molecular formula is C17H28N4O2S. The molecule has 24 heavy (non-hydrogen) atoms. The number of nitrogens with one attached hydrogen (secondary N) is 2. The number of ether oxygens (including phenoxy) is 2. The van der Waals surface area contributed by atoms with Crippen LogP contribution in [0.3, 0.4) is 0 Å². The Morgan fingerprint density at radius 2 is 2.29 bits per heavy atom. The standard InChI is InChI=1S/C17H28N4O2S/c1-18-17(21-14-6-7-15(11-14)24-3)20-12-13-5-4-8-19-16(13)23-10-9-22-2/h4-5,8,14-15H,6-7,9-12H2,1-3H3,(H2,18,20,21). The van der Waals surface area contributed by atoms with Crippen LogP contribution in [-0.2, 0) is 11.3 Å². The van der Waals surface area contributed by atoms with E-state index in [0.29, 0.717) is 31.7 Å². The molecule has 134 valence electrons. The summed E-state index contributed by atoms with van der Waals surface area (Å²) in [5.74, 6) is 1.47. The van der Waals surface area contributed by atoms with Gasteiger partial charge in [-0.1, -0.05) is 6.07 Å². The number of hydrogen-bond acceptors (Lipinski definition) is 5. The van der Waals surface area contributed by atoms with Gasteiger partial charge in [0.25, 0.3) is 0 Å². The Morgan fingerprint density at radius 3 is 3.00 bits per heavy atom. The van der Waals surface area contributed by atoms with Gasteiger partial charge in [0.15, 0.2) is 5.96 Å². The summed E-state index contributed by atoms with van der Waals surface area (Å²) in [5.41, 5.74) is 1.00. The summed E-state index contributed by atoms with van der Waals surface area (Å²) in [6.45, 7) is 1.66. The quantitative estimate of drug-likeness (QED) is 0.424. The predicted octanol–water partition coefficient (Wildman–Crippen LogP) is 2.06. The van der Waals surface area contributed by atoms with Gasteiger partial charge in [0, 0.05) is 43.8 Å². The molecule has 7 heteroatoms. The number of pyridine rings is 1. The maximum atomic E-state index is 5.67. The van der Waals surface area contributed by atoms with Crippen molar-refractivity contribution in [1.29, 1.82) is 0 Å². The molecule has 2 N–H and O–H groups in total. The molecule has 1 aromatic rings. The second-order valence-electron chi connectivity index (χ2n) is 5.75. The van der Waals surface area contributed by atoms with Crippen LogP contribution >= 0.6 is 11.8 Å². The number of aliphatic imine (C=N–C) groups is 1. The zero-order valence-electron chi connectivity index (χ0n) is 14.7. The Balaban J connectivity index is 1.85. The summed E-state index contributed by atoms with van der Waals surface area (Å²) in [6.07, 6.45) is 7.59. The summed E-state index contributed by atoms with van der Waals surface area (Å²) in [7, 11) is 3.46. The third-order valence-corrected chi connectivity index (χ3v) is 5.20. The zero-order valence-corrected chi connectivity index (χ0v) is 15.6. The lowest BCUT2D eigenvalue weighted by atomic mass is 10.2. The van der Waals surface area contributed by atoms with Crippen molar-refractivity contribution in [2.75, 3.05) is 33.6 Å². The van der Waals surface area contributed by atoms with E-state index in [1.807, 2.05) is 23.9 Å². The first-order valence-electron chi connectivity index (χ1n) is 8.32. The number of nitrogens with zero attached hydrogens (tertiary/aromatic N) is 2. The van der Waals surface area contributed by atoms with Gasteiger partial charge in [0.1, 0.15) is 6.61 Å². The van der Waals surface area contributed by atoms with Crippen LogP contribution in [0.2, 0.25) is 0 Å². The Kier molecular flexibility index (Phi) is 8.18. The van der Waals surface area contributed by atoms with Crippen LogP contribution in [0, 0.1) is 0 Å². The minimum absolute atomic E-state index is 0.492. The van der Waals surface area contributed by atoms with E-state index in [4.69, 9.17) is 9.47 Å². The van der Waals surface area contributed by atoms with Crippen molar-refractivity contribution >= 4 is 17.7 Å². The van der Waals surface area contributed by atoms with E-state index < -0.39 is 0 Å². The Labute approximate surface area is 148 Å². The van der Waals surface area contributed by atoms with Crippen molar-refractivity contribution in [3.63, 3.8) is 0 Å².